The predicted octanol–water partition coefficient (Wildman–Crippen LogP) is 2.09. The van der Waals surface area contributed by atoms with Crippen LogP contribution in [0.4, 0.5) is 5.69 Å². The quantitative estimate of drug-likeness (QED) is 0.479. The molecule has 1 aromatic rings. The van der Waals surface area contributed by atoms with E-state index in [1.165, 1.54) is 19.8 Å². The molecule has 1 aliphatic rings. The van der Waals surface area contributed by atoms with Gasteiger partial charge < -0.3 is 20.3 Å². The first-order valence-corrected chi connectivity index (χ1v) is 8.22. The second kappa shape index (κ2) is 9.02. The minimum Gasteiger partial charge on any atom is -0.492 e. The number of rotatable bonds is 6. The van der Waals surface area contributed by atoms with E-state index in [-0.39, 0.29) is 5.91 Å². The van der Waals surface area contributed by atoms with Gasteiger partial charge >= 0.3 is 0 Å². The third-order valence-corrected chi connectivity index (χ3v) is 3.52. The number of nitrogens with one attached hydrogen (secondary N) is 2. The van der Waals surface area contributed by atoms with Gasteiger partial charge in [0.05, 0.1) is 6.54 Å². The second-order valence-electron chi connectivity index (χ2n) is 5.49. The Bertz CT molecular complexity index is 539. The van der Waals surface area contributed by atoms with Crippen LogP contribution in [0.25, 0.3) is 0 Å². The van der Waals surface area contributed by atoms with Crippen molar-refractivity contribution in [2.24, 2.45) is 4.99 Å². The smallest absolute Gasteiger partial charge is 0.221 e. The van der Waals surface area contributed by atoms with Crippen LogP contribution in [-0.4, -0.2) is 49.6 Å². The van der Waals surface area contributed by atoms with E-state index >= 15 is 0 Å². The number of benzene rings is 1. The number of hydrogen-bond donors (Lipinski definition) is 2. The Hall–Kier alpha value is -2.24. The van der Waals surface area contributed by atoms with E-state index in [1.54, 1.807) is 0 Å². The van der Waals surface area contributed by atoms with Crippen LogP contribution in [0.3, 0.4) is 0 Å². The van der Waals surface area contributed by atoms with Gasteiger partial charge in [-0.1, -0.05) is 6.07 Å². The summed E-state index contributed by atoms with van der Waals surface area (Å²) in [6.07, 6.45) is 2.47. The van der Waals surface area contributed by atoms with Crippen LogP contribution < -0.4 is 15.4 Å². The first kappa shape index (κ1) is 17.1. The fourth-order valence-electron chi connectivity index (χ4n) is 2.54. The summed E-state index contributed by atoms with van der Waals surface area (Å²) in [5.41, 5.74) is 0.740. The molecule has 6 heteroatoms. The summed E-state index contributed by atoms with van der Waals surface area (Å²) in [6, 6.07) is 7.39. The summed E-state index contributed by atoms with van der Waals surface area (Å²) in [4.78, 5) is 18.0. The number of anilines is 1. The third kappa shape index (κ3) is 5.81. The number of guanidine groups is 1. The van der Waals surface area contributed by atoms with Crippen molar-refractivity contribution in [2.75, 3.05) is 38.1 Å². The molecule has 1 aromatic carbocycles. The molecule has 0 radical (unpaired) electrons. The van der Waals surface area contributed by atoms with Gasteiger partial charge in [-0.05, 0) is 31.9 Å². The van der Waals surface area contributed by atoms with Crippen LogP contribution in [0.2, 0.25) is 0 Å². The largest absolute Gasteiger partial charge is 0.492 e. The summed E-state index contributed by atoms with van der Waals surface area (Å²) in [5.74, 6) is 1.62. The highest BCUT2D eigenvalue weighted by Crippen LogP contribution is 2.17. The first-order chi connectivity index (χ1) is 11.2. The molecule has 0 atom stereocenters. The molecule has 0 aliphatic carbocycles. The molecule has 6 nitrogen and oxygen atoms in total. The van der Waals surface area contributed by atoms with Gasteiger partial charge in [-0.15, -0.1) is 0 Å². The van der Waals surface area contributed by atoms with Gasteiger partial charge in [0, 0.05) is 38.3 Å². The van der Waals surface area contributed by atoms with Crippen LogP contribution in [-0.2, 0) is 4.79 Å². The number of ether oxygens (including phenoxy) is 1. The fraction of sp³-hybridized carbons (Fsp3) is 0.529. The molecule has 0 saturated carbocycles. The van der Waals surface area contributed by atoms with Crippen molar-refractivity contribution in [3.8, 4) is 5.75 Å². The number of likely N-dealkylation sites (tertiary alicyclic amines) is 1. The Labute approximate surface area is 137 Å². The summed E-state index contributed by atoms with van der Waals surface area (Å²) in [6.45, 7) is 7.69. The molecule has 0 spiro atoms. The number of aliphatic imine (C=N–C) groups is 1. The lowest BCUT2D eigenvalue weighted by molar-refractivity contribution is -0.114. The standard InChI is InChI=1S/C17H26N4O2/c1-3-18-17(21-10-4-5-11-21)19-9-12-23-16-8-6-7-15(13-16)20-14(2)22/h6-8,13H,3-5,9-12H2,1-2H3,(H,18,19)(H,20,22). The molecule has 1 saturated heterocycles. The molecule has 126 valence electrons. The first-order valence-electron chi connectivity index (χ1n) is 8.22. The molecule has 0 bridgehead atoms. The van der Waals surface area contributed by atoms with Crippen LogP contribution in [0.1, 0.15) is 26.7 Å². The molecule has 1 heterocycles. The normalized spacial score (nSPS) is 14.7. The summed E-state index contributed by atoms with van der Waals surface area (Å²) in [7, 11) is 0. The summed E-state index contributed by atoms with van der Waals surface area (Å²) >= 11 is 0. The highest BCUT2D eigenvalue weighted by atomic mass is 16.5. The molecule has 2 rings (SSSR count). The van der Waals surface area contributed by atoms with Gasteiger partial charge in [-0.25, -0.2) is 4.99 Å². The molecule has 1 aliphatic heterocycles. The molecule has 2 N–H and O–H groups in total. The summed E-state index contributed by atoms with van der Waals surface area (Å²) in [5, 5.41) is 6.07. The monoisotopic (exact) mass is 318 g/mol. The lowest BCUT2D eigenvalue weighted by Crippen LogP contribution is -2.39. The van der Waals surface area contributed by atoms with Gasteiger partial charge in [0.25, 0.3) is 0 Å². The Balaban J connectivity index is 1.83. The molecule has 1 fully saturated rings. The molecular formula is C17H26N4O2. The van der Waals surface area contributed by atoms with Crippen LogP contribution in [0.15, 0.2) is 29.3 Å². The summed E-state index contributed by atoms with van der Waals surface area (Å²) < 4.78 is 5.71. The number of carbonyl (C=O) groups excluding carboxylic acids is 1. The predicted molar refractivity (Wildman–Crippen MR) is 93.0 cm³/mol. The molecule has 1 amide bonds. The topological polar surface area (TPSA) is 66.0 Å². The number of carbonyl (C=O) groups is 1. The Morgan fingerprint density at radius 1 is 1.35 bits per heavy atom. The maximum atomic E-state index is 11.1. The van der Waals surface area contributed by atoms with Gasteiger partial charge in [0.15, 0.2) is 5.96 Å². The Morgan fingerprint density at radius 3 is 2.83 bits per heavy atom. The van der Waals surface area contributed by atoms with Crippen molar-refractivity contribution >= 4 is 17.6 Å². The average Bonchev–Trinajstić information content (AvgIpc) is 3.04. The number of amides is 1. The van der Waals surface area contributed by atoms with Crippen molar-refractivity contribution in [1.82, 2.24) is 10.2 Å². The van der Waals surface area contributed by atoms with E-state index in [0.717, 1.165) is 37.0 Å². The highest BCUT2D eigenvalue weighted by molar-refractivity contribution is 5.88. The number of hydrogen-bond acceptors (Lipinski definition) is 3. The number of nitrogens with zero attached hydrogens (tertiary/aromatic N) is 2. The van der Waals surface area contributed by atoms with Gasteiger partial charge in [-0.2, -0.15) is 0 Å². The lowest BCUT2D eigenvalue weighted by atomic mass is 10.3. The van der Waals surface area contributed by atoms with Crippen LogP contribution in [0, 0.1) is 0 Å². The van der Waals surface area contributed by atoms with E-state index < -0.39 is 0 Å². The minimum absolute atomic E-state index is 0.0901. The van der Waals surface area contributed by atoms with E-state index in [9.17, 15) is 4.79 Å². The zero-order chi connectivity index (χ0) is 16.5. The van der Waals surface area contributed by atoms with Crippen molar-refractivity contribution in [1.29, 1.82) is 0 Å². The van der Waals surface area contributed by atoms with Crippen molar-refractivity contribution in [2.45, 2.75) is 26.7 Å². The van der Waals surface area contributed by atoms with Crippen LogP contribution in [0.5, 0.6) is 5.75 Å². The molecule has 23 heavy (non-hydrogen) atoms. The minimum atomic E-state index is -0.0901. The molecule has 0 aromatic heterocycles. The van der Waals surface area contributed by atoms with E-state index in [1.807, 2.05) is 24.3 Å². The highest BCUT2D eigenvalue weighted by Gasteiger charge is 2.15. The Morgan fingerprint density at radius 2 is 2.13 bits per heavy atom. The van der Waals surface area contributed by atoms with Gasteiger partial charge in [-0.3, -0.25) is 4.79 Å². The second-order valence-corrected chi connectivity index (χ2v) is 5.49. The maximum Gasteiger partial charge on any atom is 0.221 e. The van der Waals surface area contributed by atoms with Gasteiger partial charge in [0.1, 0.15) is 12.4 Å². The average molecular weight is 318 g/mol. The van der Waals surface area contributed by atoms with Crippen molar-refractivity contribution in [3.63, 3.8) is 0 Å². The maximum absolute atomic E-state index is 11.1. The molecule has 0 unspecified atom stereocenters. The zero-order valence-electron chi connectivity index (χ0n) is 14.0. The van der Waals surface area contributed by atoms with E-state index in [2.05, 4.69) is 27.4 Å². The molecular weight excluding hydrogens is 292 g/mol. The zero-order valence-corrected chi connectivity index (χ0v) is 14.0. The van der Waals surface area contributed by atoms with E-state index in [4.69, 9.17) is 4.74 Å². The third-order valence-electron chi connectivity index (χ3n) is 3.52. The lowest BCUT2D eigenvalue weighted by Gasteiger charge is -2.20. The van der Waals surface area contributed by atoms with Crippen molar-refractivity contribution in [3.05, 3.63) is 24.3 Å². The Kier molecular flexibility index (Phi) is 6.72. The SMILES string of the molecule is CCNC(=NCCOc1cccc(NC(C)=O)c1)N1CCCC1. The van der Waals surface area contributed by atoms with E-state index in [0.29, 0.717) is 13.2 Å². The van der Waals surface area contributed by atoms with Crippen molar-refractivity contribution < 1.29 is 9.53 Å². The van der Waals surface area contributed by atoms with Crippen LogP contribution >= 0.6 is 0 Å². The van der Waals surface area contributed by atoms with Gasteiger partial charge in [0.2, 0.25) is 5.91 Å². The fourth-order valence-corrected chi connectivity index (χ4v) is 2.54.